The highest BCUT2D eigenvalue weighted by molar-refractivity contribution is 5.76. The van der Waals surface area contributed by atoms with Crippen molar-refractivity contribution in [2.75, 3.05) is 33.9 Å². The number of hydrogen-bond donors (Lipinski definition) is 0. The molecule has 0 bridgehead atoms. The average Bonchev–Trinajstić information content (AvgIpc) is 2.90. The van der Waals surface area contributed by atoms with Gasteiger partial charge in [-0.25, -0.2) is 0 Å². The second-order valence-electron chi connectivity index (χ2n) is 7.80. The molecule has 2 saturated heterocycles. The van der Waals surface area contributed by atoms with Crippen LogP contribution in [0.3, 0.4) is 0 Å². The minimum atomic E-state index is 0.370. The molecule has 5 nitrogen and oxygen atoms in total. The summed E-state index contributed by atoms with van der Waals surface area (Å²) in [4.78, 5) is 17.3. The number of nitrogens with zero attached hydrogens (tertiary/aromatic N) is 2. The van der Waals surface area contributed by atoms with Gasteiger partial charge in [-0.1, -0.05) is 6.42 Å². The van der Waals surface area contributed by atoms with Crippen LogP contribution in [0.4, 0.5) is 0 Å². The molecule has 0 N–H and O–H groups in total. The zero-order valence-electron chi connectivity index (χ0n) is 16.0. The van der Waals surface area contributed by atoms with Crippen LogP contribution in [0.1, 0.15) is 55.7 Å². The van der Waals surface area contributed by atoms with Crippen molar-refractivity contribution in [1.29, 1.82) is 0 Å². The Morgan fingerprint density at radius 2 is 1.77 bits per heavy atom. The van der Waals surface area contributed by atoms with Crippen LogP contribution < -0.4 is 9.47 Å². The van der Waals surface area contributed by atoms with E-state index < -0.39 is 0 Å². The predicted molar refractivity (Wildman–Crippen MR) is 101 cm³/mol. The topological polar surface area (TPSA) is 42.0 Å². The maximum absolute atomic E-state index is 12.5. The van der Waals surface area contributed by atoms with Gasteiger partial charge < -0.3 is 14.4 Å². The van der Waals surface area contributed by atoms with E-state index in [4.69, 9.17) is 9.47 Å². The normalized spacial score (nSPS) is 26.7. The van der Waals surface area contributed by atoms with Gasteiger partial charge in [-0.15, -0.1) is 0 Å². The Morgan fingerprint density at radius 1 is 0.962 bits per heavy atom. The van der Waals surface area contributed by atoms with E-state index in [0.29, 0.717) is 18.0 Å². The summed E-state index contributed by atoms with van der Waals surface area (Å²) in [5.41, 5.74) is 2.77. The van der Waals surface area contributed by atoms with Gasteiger partial charge in [0, 0.05) is 38.1 Å². The average molecular weight is 358 g/mol. The molecule has 3 aliphatic rings. The molecule has 3 heterocycles. The molecule has 0 spiro atoms. The first-order chi connectivity index (χ1) is 12.7. The Morgan fingerprint density at radius 3 is 2.58 bits per heavy atom. The van der Waals surface area contributed by atoms with Crippen LogP contribution >= 0.6 is 0 Å². The van der Waals surface area contributed by atoms with Crippen LogP contribution in [-0.2, 0) is 11.2 Å². The summed E-state index contributed by atoms with van der Waals surface area (Å²) < 4.78 is 11.0. The number of carbonyl (C=O) groups is 1. The van der Waals surface area contributed by atoms with Crippen molar-refractivity contribution in [2.45, 2.75) is 57.0 Å². The second kappa shape index (κ2) is 7.47. The number of carbonyl (C=O) groups excluding carboxylic acids is 1. The van der Waals surface area contributed by atoms with Gasteiger partial charge in [0.1, 0.15) is 0 Å². The zero-order chi connectivity index (χ0) is 18.1. The van der Waals surface area contributed by atoms with Crippen LogP contribution in [0.25, 0.3) is 0 Å². The quantitative estimate of drug-likeness (QED) is 0.832. The molecule has 3 aliphatic heterocycles. The standard InChI is InChI=1S/C21H30N2O3/c1-25-19-12-15-9-11-22-14-16(23-10-5-3-4-6-21(23)24)7-8-18(22)17(15)13-20(19)26-2/h12-13,16,18H,3-11,14H2,1-2H3. The van der Waals surface area contributed by atoms with E-state index in [1.807, 2.05) is 0 Å². The summed E-state index contributed by atoms with van der Waals surface area (Å²) in [6.45, 7) is 3.01. The molecule has 1 aromatic rings. The zero-order valence-corrected chi connectivity index (χ0v) is 16.0. The largest absolute Gasteiger partial charge is 0.493 e. The highest BCUT2D eigenvalue weighted by Crippen LogP contribution is 2.42. The van der Waals surface area contributed by atoms with Gasteiger partial charge in [-0.2, -0.15) is 0 Å². The minimum absolute atomic E-state index is 0.370. The number of amides is 1. The van der Waals surface area contributed by atoms with E-state index in [9.17, 15) is 4.79 Å². The Bertz CT molecular complexity index is 675. The van der Waals surface area contributed by atoms with Crippen molar-refractivity contribution in [3.63, 3.8) is 0 Å². The van der Waals surface area contributed by atoms with Gasteiger partial charge in [0.15, 0.2) is 11.5 Å². The van der Waals surface area contributed by atoms with Crippen LogP contribution in [-0.4, -0.2) is 55.6 Å². The molecule has 0 aromatic heterocycles. The maximum atomic E-state index is 12.5. The van der Waals surface area contributed by atoms with Gasteiger partial charge in [0.25, 0.3) is 0 Å². The number of likely N-dealkylation sites (tertiary alicyclic amines) is 1. The summed E-state index contributed by atoms with van der Waals surface area (Å²) in [5.74, 6) is 2.01. The van der Waals surface area contributed by atoms with E-state index in [-0.39, 0.29) is 0 Å². The number of piperidine rings is 1. The molecule has 2 unspecified atom stereocenters. The summed E-state index contributed by atoms with van der Waals surface area (Å²) in [6, 6.07) is 5.15. The number of methoxy groups -OCH3 is 2. The van der Waals surface area contributed by atoms with Gasteiger partial charge in [0.05, 0.1) is 14.2 Å². The lowest BCUT2D eigenvalue weighted by molar-refractivity contribution is -0.134. The fourth-order valence-corrected chi connectivity index (χ4v) is 4.99. The first kappa shape index (κ1) is 17.7. The number of benzene rings is 1. The van der Waals surface area contributed by atoms with Crippen LogP contribution in [0.15, 0.2) is 12.1 Å². The first-order valence-electron chi connectivity index (χ1n) is 9.99. The van der Waals surface area contributed by atoms with E-state index in [2.05, 4.69) is 21.9 Å². The molecule has 0 aliphatic carbocycles. The Balaban J connectivity index is 1.53. The van der Waals surface area contributed by atoms with Crippen LogP contribution in [0.5, 0.6) is 11.5 Å². The SMILES string of the molecule is COc1cc2c(cc1OC)C1CCC(N3CCCCCC3=O)CN1CC2. The smallest absolute Gasteiger partial charge is 0.222 e. The third kappa shape index (κ3) is 3.18. The van der Waals surface area contributed by atoms with E-state index >= 15 is 0 Å². The van der Waals surface area contributed by atoms with Crippen LogP contribution in [0.2, 0.25) is 0 Å². The molecule has 0 radical (unpaired) electrons. The lowest BCUT2D eigenvalue weighted by Crippen LogP contribution is -2.52. The van der Waals surface area contributed by atoms with Crippen molar-refractivity contribution in [3.8, 4) is 11.5 Å². The lowest BCUT2D eigenvalue weighted by Gasteiger charge is -2.46. The molecule has 1 aromatic carbocycles. The molecule has 4 rings (SSSR count). The van der Waals surface area contributed by atoms with Crippen molar-refractivity contribution < 1.29 is 14.3 Å². The van der Waals surface area contributed by atoms with Gasteiger partial charge >= 0.3 is 0 Å². The van der Waals surface area contributed by atoms with Gasteiger partial charge in [0.2, 0.25) is 5.91 Å². The number of hydrogen-bond acceptors (Lipinski definition) is 4. The van der Waals surface area contributed by atoms with Gasteiger partial charge in [-0.3, -0.25) is 9.69 Å². The maximum Gasteiger partial charge on any atom is 0.222 e. The molecule has 5 heteroatoms. The summed E-state index contributed by atoms with van der Waals surface area (Å²) >= 11 is 0. The summed E-state index contributed by atoms with van der Waals surface area (Å²) in [7, 11) is 3.40. The third-order valence-corrected chi connectivity index (χ3v) is 6.38. The third-order valence-electron chi connectivity index (χ3n) is 6.38. The van der Waals surface area contributed by atoms with E-state index in [1.54, 1.807) is 14.2 Å². The number of ether oxygens (including phenoxy) is 2. The molecule has 26 heavy (non-hydrogen) atoms. The van der Waals surface area contributed by atoms with Crippen molar-refractivity contribution in [1.82, 2.24) is 9.80 Å². The fourth-order valence-electron chi connectivity index (χ4n) is 4.99. The fraction of sp³-hybridized carbons (Fsp3) is 0.667. The number of fused-ring (bicyclic) bond motifs is 3. The lowest BCUT2D eigenvalue weighted by atomic mass is 9.85. The highest BCUT2D eigenvalue weighted by Gasteiger charge is 2.37. The predicted octanol–water partition coefficient (Wildman–Crippen LogP) is 3.17. The monoisotopic (exact) mass is 358 g/mol. The summed E-state index contributed by atoms with van der Waals surface area (Å²) in [6.07, 6.45) is 7.38. The second-order valence-corrected chi connectivity index (χ2v) is 7.80. The highest BCUT2D eigenvalue weighted by atomic mass is 16.5. The number of rotatable bonds is 3. The minimum Gasteiger partial charge on any atom is -0.493 e. The molecule has 2 atom stereocenters. The van der Waals surface area contributed by atoms with E-state index in [1.165, 1.54) is 17.5 Å². The van der Waals surface area contributed by atoms with Crippen molar-refractivity contribution >= 4 is 5.91 Å². The first-order valence-corrected chi connectivity index (χ1v) is 9.99. The molecular formula is C21H30N2O3. The molecule has 2 fully saturated rings. The van der Waals surface area contributed by atoms with Crippen molar-refractivity contribution in [3.05, 3.63) is 23.3 Å². The van der Waals surface area contributed by atoms with Gasteiger partial charge in [-0.05, 0) is 55.4 Å². The Labute approximate surface area is 156 Å². The Hall–Kier alpha value is -1.75. The van der Waals surface area contributed by atoms with Crippen molar-refractivity contribution in [2.24, 2.45) is 0 Å². The summed E-state index contributed by atoms with van der Waals surface area (Å²) in [5, 5.41) is 0. The van der Waals surface area contributed by atoms with E-state index in [0.717, 1.165) is 69.7 Å². The molecule has 142 valence electrons. The van der Waals surface area contributed by atoms with Crippen LogP contribution in [0, 0.1) is 0 Å². The Kier molecular flexibility index (Phi) is 5.07. The molecule has 0 saturated carbocycles. The molecular weight excluding hydrogens is 328 g/mol. The molecule has 1 amide bonds.